The zero-order valence-electron chi connectivity index (χ0n) is 10.3. The Morgan fingerprint density at radius 2 is 2.28 bits per heavy atom. The summed E-state index contributed by atoms with van der Waals surface area (Å²) < 4.78 is 0.738. The zero-order valence-corrected chi connectivity index (χ0v) is 11.9. The van der Waals surface area contributed by atoms with Crippen molar-refractivity contribution in [3.05, 3.63) is 33.8 Å². The van der Waals surface area contributed by atoms with Crippen LogP contribution in [0.3, 0.4) is 0 Å². The monoisotopic (exact) mass is 313 g/mol. The number of amidine groups is 1. The van der Waals surface area contributed by atoms with Crippen molar-refractivity contribution >= 4 is 27.7 Å². The van der Waals surface area contributed by atoms with E-state index in [1.165, 1.54) is 0 Å². The molecular formula is C12H16BrN3O2. The minimum absolute atomic E-state index is 0.0959. The average Bonchev–Trinajstić information content (AvgIpc) is 2.37. The maximum Gasteiger partial charge on any atom is 0.252 e. The summed E-state index contributed by atoms with van der Waals surface area (Å²) in [5.41, 5.74) is 7.01. The third kappa shape index (κ3) is 3.73. The molecule has 0 saturated heterocycles. The molecule has 98 valence electrons. The molecule has 0 spiro atoms. The lowest BCUT2D eigenvalue weighted by Gasteiger charge is -2.12. The highest BCUT2D eigenvalue weighted by molar-refractivity contribution is 9.10. The lowest BCUT2D eigenvalue weighted by molar-refractivity contribution is 0.0950. The topological polar surface area (TPSA) is 87.7 Å². The molecule has 0 fully saturated rings. The second-order valence-electron chi connectivity index (χ2n) is 4.12. The van der Waals surface area contributed by atoms with Gasteiger partial charge in [0, 0.05) is 16.9 Å². The van der Waals surface area contributed by atoms with Crippen molar-refractivity contribution in [2.45, 2.75) is 13.8 Å². The number of halogens is 1. The van der Waals surface area contributed by atoms with Gasteiger partial charge in [-0.15, -0.1) is 0 Å². The van der Waals surface area contributed by atoms with Crippen molar-refractivity contribution in [3.8, 4) is 0 Å². The number of nitrogens with one attached hydrogen (secondary N) is 1. The summed E-state index contributed by atoms with van der Waals surface area (Å²) in [5, 5.41) is 14.2. The van der Waals surface area contributed by atoms with E-state index in [-0.39, 0.29) is 17.7 Å². The van der Waals surface area contributed by atoms with Crippen molar-refractivity contribution in [2.75, 3.05) is 6.54 Å². The molecule has 0 aliphatic rings. The van der Waals surface area contributed by atoms with Gasteiger partial charge in [0.25, 0.3) is 5.91 Å². The third-order valence-electron chi connectivity index (χ3n) is 2.56. The van der Waals surface area contributed by atoms with Crippen molar-refractivity contribution in [1.29, 1.82) is 0 Å². The molecule has 6 heteroatoms. The van der Waals surface area contributed by atoms with E-state index in [0.717, 1.165) is 10.0 Å². The number of hydrogen-bond donors (Lipinski definition) is 3. The van der Waals surface area contributed by atoms with Crippen molar-refractivity contribution in [2.24, 2.45) is 16.8 Å². The van der Waals surface area contributed by atoms with Crippen LogP contribution in [0.1, 0.15) is 22.8 Å². The van der Waals surface area contributed by atoms with Crippen LogP contribution in [-0.2, 0) is 0 Å². The first-order valence-electron chi connectivity index (χ1n) is 5.47. The summed E-state index contributed by atoms with van der Waals surface area (Å²) in [7, 11) is 0. The Balaban J connectivity index is 2.69. The van der Waals surface area contributed by atoms with Crippen LogP contribution in [0.2, 0.25) is 0 Å². The predicted molar refractivity (Wildman–Crippen MR) is 73.8 cm³/mol. The van der Waals surface area contributed by atoms with Crippen LogP contribution < -0.4 is 11.1 Å². The molecule has 0 saturated carbocycles. The molecule has 1 aromatic rings. The van der Waals surface area contributed by atoms with Crippen LogP contribution in [-0.4, -0.2) is 23.5 Å². The predicted octanol–water partition coefficient (Wildman–Crippen LogP) is 1.87. The molecule has 1 amide bonds. The Morgan fingerprint density at radius 3 is 2.89 bits per heavy atom. The lowest BCUT2D eigenvalue weighted by atomic mass is 10.1. The average molecular weight is 314 g/mol. The van der Waals surface area contributed by atoms with Gasteiger partial charge in [-0.2, -0.15) is 0 Å². The van der Waals surface area contributed by atoms with E-state index in [2.05, 4.69) is 26.4 Å². The Labute approximate surface area is 114 Å². The van der Waals surface area contributed by atoms with Gasteiger partial charge in [-0.25, -0.2) is 0 Å². The maximum absolute atomic E-state index is 11.9. The number of oxime groups is 1. The first-order valence-corrected chi connectivity index (χ1v) is 6.26. The van der Waals surface area contributed by atoms with E-state index in [4.69, 9.17) is 10.9 Å². The van der Waals surface area contributed by atoms with Crippen LogP contribution in [0, 0.1) is 12.8 Å². The highest BCUT2D eigenvalue weighted by atomic mass is 79.9. The molecule has 18 heavy (non-hydrogen) atoms. The number of rotatable bonds is 4. The summed E-state index contributed by atoms with van der Waals surface area (Å²) in [6, 6.07) is 5.55. The van der Waals surface area contributed by atoms with E-state index >= 15 is 0 Å². The van der Waals surface area contributed by atoms with Crippen LogP contribution >= 0.6 is 15.9 Å². The second-order valence-corrected chi connectivity index (χ2v) is 4.97. The van der Waals surface area contributed by atoms with Gasteiger partial charge in [0.05, 0.1) is 5.56 Å². The normalized spacial score (nSPS) is 13.2. The standard InChI is InChI=1S/C12H16BrN3O2/c1-7-3-4-10(13)9(5-7)12(17)15-6-8(2)11(14)16-18/h3-5,8,18H,6H2,1-2H3,(H2,14,16)(H,15,17). The van der Waals surface area contributed by atoms with Gasteiger partial charge in [0.15, 0.2) is 0 Å². The van der Waals surface area contributed by atoms with Crippen molar-refractivity contribution in [3.63, 3.8) is 0 Å². The molecule has 0 aromatic heterocycles. The van der Waals surface area contributed by atoms with Gasteiger partial charge in [-0.05, 0) is 35.0 Å². The van der Waals surface area contributed by atoms with Gasteiger partial charge < -0.3 is 16.3 Å². The maximum atomic E-state index is 11.9. The Morgan fingerprint density at radius 1 is 1.61 bits per heavy atom. The summed E-state index contributed by atoms with van der Waals surface area (Å²) in [6.07, 6.45) is 0. The zero-order chi connectivity index (χ0) is 13.7. The Kier molecular flexibility index (Phi) is 5.15. The SMILES string of the molecule is Cc1ccc(Br)c(C(=O)NCC(C)/C(N)=N/O)c1. The summed E-state index contributed by atoms with van der Waals surface area (Å²) in [4.78, 5) is 11.9. The van der Waals surface area contributed by atoms with Crippen LogP contribution in [0.15, 0.2) is 27.8 Å². The van der Waals surface area contributed by atoms with Gasteiger partial charge in [0.2, 0.25) is 0 Å². The van der Waals surface area contributed by atoms with Crippen molar-refractivity contribution in [1.82, 2.24) is 5.32 Å². The molecule has 0 radical (unpaired) electrons. The summed E-state index contributed by atoms with van der Waals surface area (Å²) in [6.45, 7) is 4.00. The highest BCUT2D eigenvalue weighted by Crippen LogP contribution is 2.17. The van der Waals surface area contributed by atoms with Gasteiger partial charge in [-0.1, -0.05) is 23.7 Å². The Bertz CT molecular complexity index is 474. The molecular weight excluding hydrogens is 298 g/mol. The van der Waals surface area contributed by atoms with E-state index in [9.17, 15) is 4.79 Å². The van der Waals surface area contributed by atoms with Crippen molar-refractivity contribution < 1.29 is 10.0 Å². The quantitative estimate of drug-likeness (QED) is 0.343. The summed E-state index contributed by atoms with van der Waals surface area (Å²) in [5.74, 6) is -0.315. The van der Waals surface area contributed by atoms with E-state index in [1.54, 1.807) is 13.0 Å². The van der Waals surface area contributed by atoms with Gasteiger partial charge in [0.1, 0.15) is 5.84 Å². The fraction of sp³-hybridized carbons (Fsp3) is 0.333. The molecule has 0 heterocycles. The minimum atomic E-state index is -0.220. The fourth-order valence-corrected chi connectivity index (χ4v) is 1.78. The lowest BCUT2D eigenvalue weighted by Crippen LogP contribution is -2.34. The van der Waals surface area contributed by atoms with E-state index < -0.39 is 0 Å². The molecule has 1 atom stereocenters. The second kappa shape index (κ2) is 6.39. The Hall–Kier alpha value is -1.56. The molecule has 4 N–H and O–H groups in total. The number of nitrogens with two attached hydrogens (primary N) is 1. The number of nitrogens with zero attached hydrogens (tertiary/aromatic N) is 1. The fourth-order valence-electron chi connectivity index (χ4n) is 1.36. The van der Waals surface area contributed by atoms with Gasteiger partial charge >= 0.3 is 0 Å². The minimum Gasteiger partial charge on any atom is -0.409 e. The number of benzene rings is 1. The molecule has 1 aromatic carbocycles. The summed E-state index contributed by atoms with van der Waals surface area (Å²) >= 11 is 3.33. The van der Waals surface area contributed by atoms with Crippen LogP contribution in [0.25, 0.3) is 0 Å². The third-order valence-corrected chi connectivity index (χ3v) is 3.25. The van der Waals surface area contributed by atoms with Crippen LogP contribution in [0.5, 0.6) is 0 Å². The number of amides is 1. The molecule has 0 aliphatic carbocycles. The van der Waals surface area contributed by atoms with Crippen LogP contribution in [0.4, 0.5) is 0 Å². The number of carbonyl (C=O) groups is 1. The first-order chi connectivity index (χ1) is 8.45. The first kappa shape index (κ1) is 14.5. The van der Waals surface area contributed by atoms with E-state index in [0.29, 0.717) is 12.1 Å². The number of hydrogen-bond acceptors (Lipinski definition) is 3. The van der Waals surface area contributed by atoms with E-state index in [1.807, 2.05) is 19.1 Å². The smallest absolute Gasteiger partial charge is 0.252 e. The molecule has 1 rings (SSSR count). The number of aryl methyl sites for hydroxylation is 1. The molecule has 1 unspecified atom stereocenters. The van der Waals surface area contributed by atoms with Gasteiger partial charge in [-0.3, -0.25) is 4.79 Å². The number of carbonyl (C=O) groups excluding carboxylic acids is 1. The largest absolute Gasteiger partial charge is 0.409 e. The molecule has 5 nitrogen and oxygen atoms in total. The highest BCUT2D eigenvalue weighted by Gasteiger charge is 2.13. The molecule has 0 bridgehead atoms. The molecule has 0 aliphatic heterocycles.